The smallest absolute Gasteiger partial charge is 0.243 e. The van der Waals surface area contributed by atoms with Gasteiger partial charge in [-0.25, -0.2) is 8.42 Å². The maximum absolute atomic E-state index is 12.9. The zero-order valence-corrected chi connectivity index (χ0v) is 20.6. The van der Waals surface area contributed by atoms with E-state index in [1.807, 2.05) is 41.4 Å². The first-order valence-corrected chi connectivity index (χ1v) is 13.2. The van der Waals surface area contributed by atoms with E-state index < -0.39 is 10.0 Å². The van der Waals surface area contributed by atoms with E-state index in [0.29, 0.717) is 37.1 Å². The topological polar surface area (TPSA) is 73.9 Å². The minimum absolute atomic E-state index is 0.104. The summed E-state index contributed by atoms with van der Waals surface area (Å²) < 4.78 is 32.5. The summed E-state index contributed by atoms with van der Waals surface area (Å²) in [5.74, 6) is 0. The van der Waals surface area contributed by atoms with Crippen molar-refractivity contribution in [3.05, 3.63) is 102 Å². The average molecular weight is 507 g/mol. The Bertz CT molecular complexity index is 1310. The molecule has 1 saturated heterocycles. The molecule has 3 aromatic carbocycles. The van der Waals surface area contributed by atoms with Crippen molar-refractivity contribution in [3.8, 4) is 0 Å². The normalized spacial score (nSPS) is 18.6. The quantitative estimate of drug-likeness (QED) is 0.507. The van der Waals surface area contributed by atoms with Crippen molar-refractivity contribution in [1.82, 2.24) is 14.7 Å². The van der Waals surface area contributed by atoms with Crippen LogP contribution >= 0.6 is 12.2 Å². The van der Waals surface area contributed by atoms with Gasteiger partial charge in [0.05, 0.1) is 29.8 Å². The zero-order chi connectivity index (χ0) is 24.3. The van der Waals surface area contributed by atoms with Crippen LogP contribution in [0, 0.1) is 0 Å². The standard InChI is InChI=1S/C26H26N4O3S2/c31-35(32,29-15-17-33-18-16-29)23-13-11-22(12-14-23)27-26(34)30-25(21-9-5-2-6-10-21)19-24(28-30)20-7-3-1-4-8-20/h1-14,19,25,28H,15-18H2,(H,27,34)/t25-/m0/s1. The van der Waals surface area contributed by atoms with Crippen LogP contribution in [0.1, 0.15) is 17.2 Å². The number of sulfonamides is 1. The predicted molar refractivity (Wildman–Crippen MR) is 141 cm³/mol. The Kier molecular flexibility index (Phi) is 6.83. The van der Waals surface area contributed by atoms with Gasteiger partial charge in [-0.1, -0.05) is 60.7 Å². The van der Waals surface area contributed by atoms with Crippen LogP contribution < -0.4 is 10.7 Å². The van der Waals surface area contributed by atoms with E-state index in [9.17, 15) is 8.42 Å². The zero-order valence-electron chi connectivity index (χ0n) is 19.0. The van der Waals surface area contributed by atoms with Crippen LogP contribution in [0.2, 0.25) is 0 Å². The lowest BCUT2D eigenvalue weighted by Crippen LogP contribution is -2.42. The third-order valence-corrected chi connectivity index (χ3v) is 8.21. The molecule has 0 unspecified atom stereocenters. The van der Waals surface area contributed by atoms with Gasteiger partial charge in [0.1, 0.15) is 0 Å². The number of benzene rings is 3. The molecule has 3 aromatic rings. The van der Waals surface area contributed by atoms with E-state index in [1.165, 1.54) is 4.31 Å². The van der Waals surface area contributed by atoms with E-state index in [-0.39, 0.29) is 10.9 Å². The minimum atomic E-state index is -3.54. The molecule has 1 atom stereocenters. The van der Waals surface area contributed by atoms with Gasteiger partial charge in [-0.2, -0.15) is 4.31 Å². The van der Waals surface area contributed by atoms with Gasteiger partial charge in [0, 0.05) is 18.8 Å². The van der Waals surface area contributed by atoms with Crippen molar-refractivity contribution in [1.29, 1.82) is 0 Å². The largest absolute Gasteiger partial charge is 0.379 e. The fourth-order valence-corrected chi connectivity index (χ4v) is 5.84. The lowest BCUT2D eigenvalue weighted by molar-refractivity contribution is 0.0730. The molecule has 0 bridgehead atoms. The molecule has 0 amide bonds. The van der Waals surface area contributed by atoms with Crippen LogP contribution in [0.4, 0.5) is 5.69 Å². The first kappa shape index (κ1) is 23.5. The second kappa shape index (κ2) is 10.2. The Morgan fingerprint density at radius 1 is 0.914 bits per heavy atom. The molecule has 0 radical (unpaired) electrons. The SMILES string of the molecule is O=S(=O)(c1ccc(NC(=S)N2NC(c3ccccc3)=C[C@H]2c2ccccc2)cc1)N1CCOCC1. The number of nitrogens with one attached hydrogen (secondary N) is 2. The van der Waals surface area contributed by atoms with E-state index in [2.05, 4.69) is 41.1 Å². The summed E-state index contributed by atoms with van der Waals surface area (Å²) in [6, 6.07) is 26.8. The number of thiocarbonyl (C=S) groups is 1. The van der Waals surface area contributed by atoms with E-state index in [4.69, 9.17) is 17.0 Å². The molecule has 2 aliphatic heterocycles. The molecular weight excluding hydrogens is 480 g/mol. The number of anilines is 1. The number of nitrogens with zero attached hydrogens (tertiary/aromatic N) is 2. The van der Waals surface area contributed by atoms with Crippen LogP contribution in [0.15, 0.2) is 95.9 Å². The highest BCUT2D eigenvalue weighted by molar-refractivity contribution is 7.89. The Labute approximate surface area is 211 Å². The average Bonchev–Trinajstić information content (AvgIpc) is 3.36. The number of hydrazine groups is 1. The molecule has 7 nitrogen and oxygen atoms in total. The lowest BCUT2D eigenvalue weighted by Gasteiger charge is -2.28. The molecule has 5 rings (SSSR count). The number of morpholine rings is 1. The Hall–Kier alpha value is -3.24. The summed E-state index contributed by atoms with van der Waals surface area (Å²) in [5.41, 5.74) is 7.27. The molecule has 2 aliphatic rings. The fraction of sp³-hybridized carbons (Fsp3) is 0.192. The summed E-state index contributed by atoms with van der Waals surface area (Å²) in [7, 11) is -3.54. The van der Waals surface area contributed by atoms with Gasteiger partial charge in [0.2, 0.25) is 10.0 Å². The van der Waals surface area contributed by atoms with Gasteiger partial charge >= 0.3 is 0 Å². The maximum Gasteiger partial charge on any atom is 0.243 e. The number of rotatable bonds is 5. The highest BCUT2D eigenvalue weighted by Crippen LogP contribution is 2.32. The molecule has 0 aliphatic carbocycles. The summed E-state index contributed by atoms with van der Waals surface area (Å²) >= 11 is 5.76. The minimum Gasteiger partial charge on any atom is -0.379 e. The molecule has 9 heteroatoms. The van der Waals surface area contributed by atoms with Gasteiger partial charge in [-0.05, 0) is 53.7 Å². The monoisotopic (exact) mass is 506 g/mol. The molecular formula is C26H26N4O3S2. The molecule has 2 N–H and O–H groups in total. The molecule has 180 valence electrons. The van der Waals surface area contributed by atoms with E-state index >= 15 is 0 Å². The molecule has 0 saturated carbocycles. The summed E-state index contributed by atoms with van der Waals surface area (Å²) in [6.45, 7) is 1.56. The van der Waals surface area contributed by atoms with Gasteiger partial charge in [-0.15, -0.1) is 0 Å². The highest BCUT2D eigenvalue weighted by Gasteiger charge is 2.29. The molecule has 0 spiro atoms. The Morgan fingerprint density at radius 2 is 1.54 bits per heavy atom. The maximum atomic E-state index is 12.9. The lowest BCUT2D eigenvalue weighted by atomic mass is 10.1. The van der Waals surface area contributed by atoms with Crippen molar-refractivity contribution < 1.29 is 13.2 Å². The molecule has 1 fully saturated rings. The second-order valence-electron chi connectivity index (χ2n) is 8.25. The van der Waals surface area contributed by atoms with Crippen LogP contribution in [0.25, 0.3) is 5.70 Å². The van der Waals surface area contributed by atoms with Crippen molar-refractivity contribution in [3.63, 3.8) is 0 Å². The Balaban J connectivity index is 1.34. The number of hydrogen-bond donors (Lipinski definition) is 2. The van der Waals surface area contributed by atoms with Crippen LogP contribution in [0.5, 0.6) is 0 Å². The van der Waals surface area contributed by atoms with Crippen LogP contribution in [-0.4, -0.2) is 49.1 Å². The number of ether oxygens (including phenoxy) is 1. The Morgan fingerprint density at radius 3 is 2.20 bits per heavy atom. The van der Waals surface area contributed by atoms with Gasteiger partial charge in [-0.3, -0.25) is 10.4 Å². The molecule has 2 heterocycles. The van der Waals surface area contributed by atoms with E-state index in [0.717, 1.165) is 16.8 Å². The summed E-state index contributed by atoms with van der Waals surface area (Å²) in [6.07, 6.45) is 2.15. The number of hydrogen-bond acceptors (Lipinski definition) is 5. The third-order valence-electron chi connectivity index (χ3n) is 6.00. The predicted octanol–water partition coefficient (Wildman–Crippen LogP) is 4.01. The van der Waals surface area contributed by atoms with Crippen molar-refractivity contribution >= 4 is 38.7 Å². The van der Waals surface area contributed by atoms with Gasteiger partial charge in [0.25, 0.3) is 0 Å². The third kappa shape index (κ3) is 5.08. The fourth-order valence-electron chi connectivity index (χ4n) is 4.15. The highest BCUT2D eigenvalue weighted by atomic mass is 32.2. The van der Waals surface area contributed by atoms with Crippen LogP contribution in [0.3, 0.4) is 0 Å². The first-order valence-electron chi connectivity index (χ1n) is 11.4. The van der Waals surface area contributed by atoms with E-state index in [1.54, 1.807) is 24.3 Å². The van der Waals surface area contributed by atoms with Crippen molar-refractivity contribution in [2.75, 3.05) is 31.6 Å². The van der Waals surface area contributed by atoms with Gasteiger partial charge in [0.15, 0.2) is 5.11 Å². The van der Waals surface area contributed by atoms with Crippen molar-refractivity contribution in [2.45, 2.75) is 10.9 Å². The second-order valence-corrected chi connectivity index (χ2v) is 10.6. The summed E-state index contributed by atoms with van der Waals surface area (Å²) in [4.78, 5) is 0.255. The van der Waals surface area contributed by atoms with Gasteiger partial charge < -0.3 is 10.1 Å². The van der Waals surface area contributed by atoms with Crippen LogP contribution in [-0.2, 0) is 14.8 Å². The molecule has 0 aromatic heterocycles. The first-order chi connectivity index (χ1) is 17.0. The summed E-state index contributed by atoms with van der Waals surface area (Å²) in [5, 5.41) is 5.63. The molecule has 35 heavy (non-hydrogen) atoms. The van der Waals surface area contributed by atoms with Crippen molar-refractivity contribution in [2.24, 2.45) is 0 Å².